The lowest BCUT2D eigenvalue weighted by Gasteiger charge is -2.56. The highest BCUT2D eigenvalue weighted by Crippen LogP contribution is 2.54. The number of nitrogen functional groups attached to an aromatic ring is 1. The van der Waals surface area contributed by atoms with Gasteiger partial charge in [-0.2, -0.15) is 0 Å². The number of likely N-dealkylation sites (tertiary alicyclic amines) is 2. The van der Waals surface area contributed by atoms with Crippen molar-refractivity contribution in [2.75, 3.05) is 68.4 Å². The fourth-order valence-corrected chi connectivity index (χ4v) is 12.2. The molecule has 0 bridgehead atoms. The molecule has 13 nitrogen and oxygen atoms in total. The molecule has 10 rings (SSSR count). The Bertz CT molecular complexity index is 2760. The van der Waals surface area contributed by atoms with Crippen LogP contribution in [-0.2, 0) is 14.8 Å². The minimum atomic E-state index is -4.69. The summed E-state index contributed by atoms with van der Waals surface area (Å²) in [5.74, 6) is -4.08. The number of nitrogens with zero attached hydrogens (tertiary/aromatic N) is 4. The highest BCUT2D eigenvalue weighted by molar-refractivity contribution is 7.90. The third-order valence-corrected chi connectivity index (χ3v) is 16.5. The zero-order valence-electron chi connectivity index (χ0n) is 38.0. The number of carbonyl (C=O) groups is 1. The van der Waals surface area contributed by atoms with Crippen LogP contribution in [0.25, 0.3) is 11.0 Å². The molecule has 3 aromatic carbocycles. The average molecular weight is 941 g/mol. The maximum atomic E-state index is 16.6. The van der Waals surface area contributed by atoms with E-state index in [1.54, 1.807) is 23.2 Å². The van der Waals surface area contributed by atoms with Crippen molar-refractivity contribution in [1.29, 1.82) is 0 Å². The van der Waals surface area contributed by atoms with Gasteiger partial charge in [0.1, 0.15) is 28.4 Å². The molecule has 17 heteroatoms. The molecule has 1 unspecified atom stereocenters. The number of aromatic amines is 1. The van der Waals surface area contributed by atoms with Gasteiger partial charge in [0.15, 0.2) is 11.6 Å². The summed E-state index contributed by atoms with van der Waals surface area (Å²) in [6.45, 7) is 9.00. The van der Waals surface area contributed by atoms with Crippen LogP contribution in [0.2, 0.25) is 0 Å². The fraction of sp³-hybridized carbons (Fsp3) is 0.480. The van der Waals surface area contributed by atoms with Crippen molar-refractivity contribution in [2.24, 2.45) is 5.41 Å². The van der Waals surface area contributed by atoms with Crippen molar-refractivity contribution in [2.45, 2.75) is 99.8 Å². The number of H-pyrrole nitrogens is 1. The summed E-state index contributed by atoms with van der Waals surface area (Å²) in [5, 5.41) is 3.68. The number of piperidine rings is 2. The van der Waals surface area contributed by atoms with Gasteiger partial charge in [0, 0.05) is 62.5 Å². The third kappa shape index (κ3) is 8.95. The fourth-order valence-electron chi connectivity index (χ4n) is 11.2. The summed E-state index contributed by atoms with van der Waals surface area (Å²) in [6, 6.07) is 18.4. The van der Waals surface area contributed by atoms with E-state index >= 15 is 13.2 Å². The Morgan fingerprint density at radius 3 is 2.45 bits per heavy atom. The Morgan fingerprint density at radius 2 is 1.73 bits per heavy atom. The number of alkyl halides is 1. The topological polar surface area (TPSA) is 158 Å². The summed E-state index contributed by atoms with van der Waals surface area (Å²) in [5.41, 5.74) is 7.57. The molecule has 1 atom stereocenters. The number of nitrogens with one attached hydrogen (secondary N) is 3. The van der Waals surface area contributed by atoms with Crippen molar-refractivity contribution in [3.63, 3.8) is 0 Å². The summed E-state index contributed by atoms with van der Waals surface area (Å²) in [6.07, 6.45) is 9.69. The van der Waals surface area contributed by atoms with Crippen molar-refractivity contribution in [1.82, 2.24) is 24.5 Å². The van der Waals surface area contributed by atoms with Crippen LogP contribution in [0.1, 0.15) is 98.7 Å². The molecule has 1 saturated carbocycles. The van der Waals surface area contributed by atoms with Gasteiger partial charge in [0.05, 0.1) is 47.4 Å². The molecule has 6 heterocycles. The number of rotatable bonds is 13. The molecule has 2 aromatic heterocycles. The molecular weight excluding hydrogens is 882 g/mol. The molecule has 5 aromatic rings. The summed E-state index contributed by atoms with van der Waals surface area (Å²) in [7, 11) is -4.69. The molecule has 1 amide bonds. The van der Waals surface area contributed by atoms with Crippen LogP contribution in [-0.4, -0.2) is 104 Å². The largest absolute Gasteiger partial charge is 0.455 e. The van der Waals surface area contributed by atoms with Gasteiger partial charge in [-0.25, -0.2) is 31.3 Å². The number of halogens is 3. The lowest BCUT2D eigenvalue weighted by molar-refractivity contribution is -0.0832. The van der Waals surface area contributed by atoms with E-state index in [2.05, 4.69) is 63.2 Å². The maximum Gasteiger partial charge on any atom is 0.271 e. The number of aromatic nitrogens is 2. The van der Waals surface area contributed by atoms with Gasteiger partial charge in [-0.05, 0) is 111 Å². The quantitative estimate of drug-likeness (QED) is 0.0838. The first-order valence-electron chi connectivity index (χ1n) is 23.6. The molecule has 5 N–H and O–H groups in total. The maximum absolute atomic E-state index is 16.6. The van der Waals surface area contributed by atoms with Gasteiger partial charge in [0.2, 0.25) is 0 Å². The number of nitrogens with two attached hydrogens (primary N) is 1. The van der Waals surface area contributed by atoms with Gasteiger partial charge >= 0.3 is 0 Å². The zero-order valence-corrected chi connectivity index (χ0v) is 38.8. The van der Waals surface area contributed by atoms with Gasteiger partial charge in [-0.1, -0.05) is 38.1 Å². The van der Waals surface area contributed by atoms with E-state index in [1.165, 1.54) is 35.5 Å². The predicted octanol–water partition coefficient (Wildman–Crippen LogP) is 8.66. The predicted molar refractivity (Wildman–Crippen MR) is 252 cm³/mol. The standard InChI is InChI=1S/C50H59F3N8O5S/c1-31(2)37-6-3-4-7-38(37)41-8-5-17-61(41)33-25-49(26-33)12-18-60(19-13-49)42-24-43(66-35-22-32-11-16-55-47(32)56-27-35)44(46(52)45(42)51)48(62)58-67(63,64)36-9-10-40(39(54)23-36)57-30-50(53)14-20-59(21-15-50)34-28-65-29-34/h3-4,6-7,9-11,16,22-24,27,31,33-34,41,57H,5,8,12-15,17-21,25-26,28-30,54H2,1-2H3,(H,55,56)(H,58,62). The zero-order chi connectivity index (χ0) is 46.7. The molecule has 5 aliphatic rings. The molecule has 5 fully saturated rings. The van der Waals surface area contributed by atoms with E-state index in [0.717, 1.165) is 51.1 Å². The number of hydrogen-bond acceptors (Lipinski definition) is 11. The Balaban J connectivity index is 0.840. The van der Waals surface area contributed by atoms with E-state index in [4.69, 9.17) is 15.2 Å². The van der Waals surface area contributed by atoms with Crippen LogP contribution in [0.5, 0.6) is 11.5 Å². The highest BCUT2D eigenvalue weighted by Gasteiger charge is 2.50. The van der Waals surface area contributed by atoms with Crippen LogP contribution in [0.15, 0.2) is 78.0 Å². The number of sulfonamides is 1. The number of pyridine rings is 1. The SMILES string of the molecule is CC(C)c1ccccc1C1CCCN1C1CC2(CCN(c3cc(Oc4cnc5[nH]ccc5c4)c(C(=O)NS(=O)(=O)c4ccc(NCC5(F)CCN(C6COC6)CC5)c(N)c4)c(F)c3F)CC2)C1. The lowest BCUT2D eigenvalue weighted by atomic mass is 9.59. The lowest BCUT2D eigenvalue weighted by Crippen LogP contribution is -2.55. The normalized spacial score (nSPS) is 21.4. The summed E-state index contributed by atoms with van der Waals surface area (Å²) < 4.78 is 89.5. The minimum absolute atomic E-state index is 0.00499. The number of benzene rings is 3. The summed E-state index contributed by atoms with van der Waals surface area (Å²) >= 11 is 0. The first-order chi connectivity index (χ1) is 32.2. The monoisotopic (exact) mass is 940 g/mol. The van der Waals surface area contributed by atoms with Crippen molar-refractivity contribution < 1.29 is 35.9 Å². The van der Waals surface area contributed by atoms with Gasteiger partial charge in [0.25, 0.3) is 15.9 Å². The molecule has 0 radical (unpaired) electrons. The molecule has 1 aliphatic carbocycles. The number of carbonyl (C=O) groups excluding carboxylic acids is 1. The van der Waals surface area contributed by atoms with Crippen LogP contribution in [0, 0.1) is 17.0 Å². The van der Waals surface area contributed by atoms with Crippen LogP contribution >= 0.6 is 0 Å². The number of anilines is 3. The third-order valence-electron chi connectivity index (χ3n) is 15.2. The van der Waals surface area contributed by atoms with Gasteiger partial charge in [-0.3, -0.25) is 14.6 Å². The number of fused-ring (bicyclic) bond motifs is 1. The molecule has 4 aliphatic heterocycles. The Kier molecular flexibility index (Phi) is 12.2. The average Bonchev–Trinajstić information content (AvgIpc) is 3.97. The Hall–Kier alpha value is -5.36. The van der Waals surface area contributed by atoms with Crippen LogP contribution < -0.4 is 25.4 Å². The number of ether oxygens (including phenoxy) is 2. The van der Waals surface area contributed by atoms with E-state index in [0.29, 0.717) is 93.0 Å². The Labute approximate surface area is 389 Å². The van der Waals surface area contributed by atoms with Crippen LogP contribution in [0.3, 0.4) is 0 Å². The number of hydrogen-bond donors (Lipinski definition) is 4. The first kappa shape index (κ1) is 45.4. The van der Waals surface area contributed by atoms with Gasteiger partial charge < -0.3 is 30.4 Å². The second-order valence-electron chi connectivity index (χ2n) is 19.7. The molecule has 67 heavy (non-hydrogen) atoms. The molecule has 1 spiro atoms. The highest BCUT2D eigenvalue weighted by atomic mass is 32.2. The smallest absolute Gasteiger partial charge is 0.271 e. The van der Waals surface area contributed by atoms with E-state index in [1.807, 2.05) is 4.72 Å². The minimum Gasteiger partial charge on any atom is -0.455 e. The molecule has 4 saturated heterocycles. The first-order valence-corrected chi connectivity index (χ1v) is 25.1. The van der Waals surface area contributed by atoms with Crippen molar-refractivity contribution >= 4 is 44.0 Å². The second kappa shape index (κ2) is 17.9. The van der Waals surface area contributed by atoms with Gasteiger partial charge in [-0.15, -0.1) is 0 Å². The van der Waals surface area contributed by atoms with E-state index in [-0.39, 0.29) is 34.8 Å². The number of amides is 1. The van der Waals surface area contributed by atoms with Crippen LogP contribution in [0.4, 0.5) is 30.2 Å². The summed E-state index contributed by atoms with van der Waals surface area (Å²) in [4.78, 5) is 27.6. The molecule has 356 valence electrons. The molecular formula is C50H59F3N8O5S. The van der Waals surface area contributed by atoms with Crippen molar-refractivity contribution in [3.05, 3.63) is 101 Å². The van der Waals surface area contributed by atoms with Crippen molar-refractivity contribution in [3.8, 4) is 11.5 Å². The van der Waals surface area contributed by atoms with E-state index < -0.39 is 43.7 Å². The second-order valence-corrected chi connectivity index (χ2v) is 21.4. The van der Waals surface area contributed by atoms with E-state index in [9.17, 15) is 13.2 Å². The Morgan fingerprint density at radius 1 is 0.970 bits per heavy atom.